The molecule has 0 radical (unpaired) electrons. The molecule has 1 aromatic rings. The first-order valence-corrected chi connectivity index (χ1v) is 7.52. The molecule has 2 rings (SSSR count). The fraction of sp³-hybridized carbons (Fsp3) is 0.600. The molecule has 1 aliphatic rings. The van der Waals surface area contributed by atoms with Gasteiger partial charge in [-0.3, -0.25) is 0 Å². The normalized spacial score (nSPS) is 23.9. The van der Waals surface area contributed by atoms with Crippen molar-refractivity contribution in [3.05, 3.63) is 28.2 Å². The van der Waals surface area contributed by atoms with Crippen LogP contribution in [0.3, 0.4) is 0 Å². The van der Waals surface area contributed by atoms with Gasteiger partial charge in [-0.05, 0) is 78.7 Å². The molecule has 0 atom stereocenters. The highest BCUT2D eigenvalue weighted by atomic mass is 79.9. The largest absolute Gasteiger partial charge is 0.496 e. The Kier molecular flexibility index (Phi) is 5.07. The third-order valence-electron chi connectivity index (χ3n) is 4.00. The van der Waals surface area contributed by atoms with E-state index in [1.54, 1.807) is 7.11 Å². The average Bonchev–Trinajstić information content (AvgIpc) is 2.40. The van der Waals surface area contributed by atoms with Gasteiger partial charge in [0.2, 0.25) is 0 Å². The van der Waals surface area contributed by atoms with E-state index in [9.17, 15) is 0 Å². The summed E-state index contributed by atoms with van der Waals surface area (Å²) in [6.07, 6.45) is 6.51. The van der Waals surface area contributed by atoms with E-state index in [0.717, 1.165) is 22.2 Å². The Bertz CT molecular complexity index is 386. The van der Waals surface area contributed by atoms with Crippen molar-refractivity contribution in [1.82, 2.24) is 5.32 Å². The van der Waals surface area contributed by atoms with Crippen molar-refractivity contribution in [1.29, 1.82) is 0 Å². The Labute approximate surface area is 118 Å². The van der Waals surface area contributed by atoms with Crippen LogP contribution in [0, 0.1) is 5.92 Å². The molecule has 0 aliphatic heterocycles. The molecule has 0 saturated heterocycles. The van der Waals surface area contributed by atoms with Crippen LogP contribution < -0.4 is 10.1 Å². The molecule has 1 aromatic carbocycles. The molecule has 0 aromatic heterocycles. The monoisotopic (exact) mass is 311 g/mol. The second kappa shape index (κ2) is 6.58. The third kappa shape index (κ3) is 3.48. The molecular weight excluding hydrogens is 290 g/mol. The van der Waals surface area contributed by atoms with E-state index in [2.05, 4.69) is 46.5 Å². The molecule has 0 heterocycles. The molecule has 0 spiro atoms. The highest BCUT2D eigenvalue weighted by Gasteiger charge is 2.20. The number of methoxy groups -OCH3 is 1. The third-order valence-corrected chi connectivity index (χ3v) is 4.62. The molecule has 0 bridgehead atoms. The molecule has 1 N–H and O–H groups in total. The van der Waals surface area contributed by atoms with Crippen LogP contribution in [0.4, 0.5) is 0 Å². The maximum Gasteiger partial charge on any atom is 0.133 e. The Morgan fingerprint density at radius 2 is 2.00 bits per heavy atom. The van der Waals surface area contributed by atoms with Crippen molar-refractivity contribution in [2.45, 2.75) is 38.1 Å². The standard InChI is InChI=1S/C15H22BrNO/c1-17-13-6-3-11(4-7-13)9-12-5-8-15(18-2)14(16)10-12/h5,8,10-11,13,17H,3-4,6-7,9H2,1-2H3. The van der Waals surface area contributed by atoms with Crippen molar-refractivity contribution in [3.63, 3.8) is 0 Å². The molecule has 100 valence electrons. The zero-order chi connectivity index (χ0) is 13.0. The molecule has 18 heavy (non-hydrogen) atoms. The van der Waals surface area contributed by atoms with Crippen LogP contribution in [-0.2, 0) is 6.42 Å². The topological polar surface area (TPSA) is 21.3 Å². The van der Waals surface area contributed by atoms with E-state index in [1.807, 2.05) is 0 Å². The smallest absolute Gasteiger partial charge is 0.133 e. The molecule has 1 saturated carbocycles. The predicted octanol–water partition coefficient (Wildman–Crippen LogP) is 3.78. The van der Waals surface area contributed by atoms with Crippen LogP contribution in [0.1, 0.15) is 31.2 Å². The van der Waals surface area contributed by atoms with Crippen LogP contribution in [0.25, 0.3) is 0 Å². The SMILES string of the molecule is CNC1CCC(Cc2ccc(OC)c(Br)c2)CC1. The zero-order valence-electron chi connectivity index (χ0n) is 11.2. The van der Waals surface area contributed by atoms with E-state index in [0.29, 0.717) is 0 Å². The number of nitrogens with one attached hydrogen (secondary N) is 1. The summed E-state index contributed by atoms with van der Waals surface area (Å²) in [4.78, 5) is 0. The van der Waals surface area contributed by atoms with Crippen LogP contribution in [-0.4, -0.2) is 20.2 Å². The highest BCUT2D eigenvalue weighted by Crippen LogP contribution is 2.30. The average molecular weight is 312 g/mol. The predicted molar refractivity (Wildman–Crippen MR) is 79.2 cm³/mol. The van der Waals surface area contributed by atoms with Gasteiger partial charge >= 0.3 is 0 Å². The number of benzene rings is 1. The van der Waals surface area contributed by atoms with E-state index in [-0.39, 0.29) is 0 Å². The van der Waals surface area contributed by atoms with Gasteiger partial charge in [-0.15, -0.1) is 0 Å². The molecule has 2 nitrogen and oxygen atoms in total. The summed E-state index contributed by atoms with van der Waals surface area (Å²) in [6, 6.07) is 7.18. The Balaban J connectivity index is 1.92. The Morgan fingerprint density at radius 3 is 2.56 bits per heavy atom. The molecule has 0 unspecified atom stereocenters. The van der Waals surface area contributed by atoms with Crippen LogP contribution in [0.2, 0.25) is 0 Å². The van der Waals surface area contributed by atoms with Gasteiger partial charge < -0.3 is 10.1 Å². The molecule has 1 fully saturated rings. The van der Waals surface area contributed by atoms with Crippen molar-refractivity contribution >= 4 is 15.9 Å². The lowest BCUT2D eigenvalue weighted by Crippen LogP contribution is -2.30. The fourth-order valence-corrected chi connectivity index (χ4v) is 3.41. The minimum atomic E-state index is 0.740. The van der Waals surface area contributed by atoms with Crippen molar-refractivity contribution < 1.29 is 4.74 Å². The van der Waals surface area contributed by atoms with Gasteiger partial charge in [0.25, 0.3) is 0 Å². The maximum atomic E-state index is 5.26. The van der Waals surface area contributed by atoms with Gasteiger partial charge in [0.15, 0.2) is 0 Å². The van der Waals surface area contributed by atoms with Gasteiger partial charge in [-0.1, -0.05) is 6.07 Å². The summed E-state index contributed by atoms with van der Waals surface area (Å²) in [7, 11) is 3.78. The second-order valence-electron chi connectivity index (χ2n) is 5.18. The first kappa shape index (κ1) is 13.9. The molecule has 3 heteroatoms. The summed E-state index contributed by atoms with van der Waals surface area (Å²) in [5.41, 5.74) is 1.41. The highest BCUT2D eigenvalue weighted by molar-refractivity contribution is 9.10. The van der Waals surface area contributed by atoms with E-state index in [1.165, 1.54) is 37.7 Å². The first-order chi connectivity index (χ1) is 8.72. The van der Waals surface area contributed by atoms with Gasteiger partial charge in [-0.25, -0.2) is 0 Å². The number of hydrogen-bond donors (Lipinski definition) is 1. The van der Waals surface area contributed by atoms with E-state index < -0.39 is 0 Å². The number of hydrogen-bond acceptors (Lipinski definition) is 2. The number of rotatable bonds is 4. The van der Waals surface area contributed by atoms with Crippen LogP contribution in [0.15, 0.2) is 22.7 Å². The lowest BCUT2D eigenvalue weighted by Gasteiger charge is -2.28. The van der Waals surface area contributed by atoms with Gasteiger partial charge in [0, 0.05) is 6.04 Å². The van der Waals surface area contributed by atoms with Crippen molar-refractivity contribution in [2.24, 2.45) is 5.92 Å². The van der Waals surface area contributed by atoms with E-state index >= 15 is 0 Å². The second-order valence-corrected chi connectivity index (χ2v) is 6.03. The lowest BCUT2D eigenvalue weighted by molar-refractivity contribution is 0.300. The number of halogens is 1. The van der Waals surface area contributed by atoms with Crippen LogP contribution in [0.5, 0.6) is 5.75 Å². The summed E-state index contributed by atoms with van der Waals surface area (Å²) in [6.45, 7) is 0. The molecular formula is C15H22BrNO. The molecule has 0 amide bonds. The first-order valence-electron chi connectivity index (χ1n) is 6.72. The summed E-state index contributed by atoms with van der Waals surface area (Å²) in [5.74, 6) is 1.76. The Morgan fingerprint density at radius 1 is 1.28 bits per heavy atom. The van der Waals surface area contributed by atoms with Gasteiger partial charge in [0.05, 0.1) is 11.6 Å². The Hall–Kier alpha value is -0.540. The zero-order valence-corrected chi connectivity index (χ0v) is 12.8. The lowest BCUT2D eigenvalue weighted by atomic mass is 9.82. The van der Waals surface area contributed by atoms with Crippen molar-refractivity contribution in [3.8, 4) is 5.75 Å². The minimum Gasteiger partial charge on any atom is -0.496 e. The number of ether oxygens (including phenoxy) is 1. The van der Waals surface area contributed by atoms with Gasteiger partial charge in [0.1, 0.15) is 5.75 Å². The fourth-order valence-electron chi connectivity index (χ4n) is 2.83. The summed E-state index contributed by atoms with van der Waals surface area (Å²) < 4.78 is 6.32. The summed E-state index contributed by atoms with van der Waals surface area (Å²) in [5, 5.41) is 3.39. The van der Waals surface area contributed by atoms with E-state index in [4.69, 9.17) is 4.74 Å². The molecule has 1 aliphatic carbocycles. The van der Waals surface area contributed by atoms with Gasteiger partial charge in [-0.2, -0.15) is 0 Å². The minimum absolute atomic E-state index is 0.740. The van der Waals surface area contributed by atoms with Crippen LogP contribution >= 0.6 is 15.9 Å². The summed E-state index contributed by atoms with van der Waals surface area (Å²) >= 11 is 3.56. The quantitative estimate of drug-likeness (QED) is 0.913. The van der Waals surface area contributed by atoms with Crippen molar-refractivity contribution in [2.75, 3.05) is 14.2 Å². The maximum absolute atomic E-state index is 5.26.